The van der Waals surface area contributed by atoms with Crippen molar-refractivity contribution in [2.75, 3.05) is 36.4 Å². The molecule has 6 nitrogen and oxygen atoms in total. The van der Waals surface area contributed by atoms with Crippen LogP contribution in [0.3, 0.4) is 0 Å². The van der Waals surface area contributed by atoms with Crippen LogP contribution < -0.4 is 10.2 Å². The van der Waals surface area contributed by atoms with Crippen molar-refractivity contribution < 1.29 is 4.79 Å². The molecule has 4 rings (SSSR count). The van der Waals surface area contributed by atoms with E-state index in [9.17, 15) is 4.79 Å². The maximum absolute atomic E-state index is 12.7. The molecule has 0 aliphatic carbocycles. The monoisotopic (exact) mass is 421 g/mol. The van der Waals surface area contributed by atoms with Crippen LogP contribution in [0.1, 0.15) is 21.7 Å². The molecule has 1 aliphatic heterocycles. The lowest BCUT2D eigenvalue weighted by Crippen LogP contribution is -2.49. The van der Waals surface area contributed by atoms with Gasteiger partial charge in [0.15, 0.2) is 0 Å². The van der Waals surface area contributed by atoms with Gasteiger partial charge < -0.3 is 15.1 Å². The van der Waals surface area contributed by atoms with Crippen LogP contribution in [-0.4, -0.2) is 47.0 Å². The number of nitrogens with zero attached hydrogens (tertiary/aromatic N) is 4. The molecule has 0 bridgehead atoms. The first-order valence-electron chi connectivity index (χ1n) is 9.97. The Kier molecular flexibility index (Phi) is 5.86. The molecule has 1 amide bonds. The topological polar surface area (TPSA) is 61.4 Å². The third kappa shape index (κ3) is 4.71. The smallest absolute Gasteiger partial charge is 0.253 e. The molecule has 1 aliphatic rings. The minimum absolute atomic E-state index is 0.0342. The fourth-order valence-electron chi connectivity index (χ4n) is 3.48. The molecule has 1 aromatic heterocycles. The van der Waals surface area contributed by atoms with Crippen LogP contribution in [0.5, 0.6) is 0 Å². The number of halogens is 1. The number of carbonyl (C=O) groups is 1. The van der Waals surface area contributed by atoms with E-state index in [-0.39, 0.29) is 5.91 Å². The van der Waals surface area contributed by atoms with Crippen molar-refractivity contribution in [2.45, 2.75) is 13.8 Å². The highest BCUT2D eigenvalue weighted by Gasteiger charge is 2.23. The van der Waals surface area contributed by atoms with Gasteiger partial charge in [-0.1, -0.05) is 29.3 Å². The highest BCUT2D eigenvalue weighted by atomic mass is 35.5. The molecule has 1 N–H and O–H groups in total. The van der Waals surface area contributed by atoms with Gasteiger partial charge in [0.1, 0.15) is 17.5 Å². The van der Waals surface area contributed by atoms with Crippen molar-refractivity contribution in [3.8, 4) is 0 Å². The van der Waals surface area contributed by atoms with E-state index >= 15 is 0 Å². The van der Waals surface area contributed by atoms with E-state index in [4.69, 9.17) is 11.6 Å². The maximum atomic E-state index is 12.7. The number of anilines is 3. The summed E-state index contributed by atoms with van der Waals surface area (Å²) in [5, 5.41) is 3.98. The molecular weight excluding hydrogens is 398 g/mol. The minimum Gasteiger partial charge on any atom is -0.353 e. The molecule has 3 aromatic rings. The standard InChI is InChI=1S/C23H24ClN5O/c1-16-3-9-20(10-4-16)27-21-15-22(26-17(2)25-21)28-11-13-29(14-12-28)23(30)18-5-7-19(24)8-6-18/h3-10,15H,11-14H2,1-2H3,(H,25,26,27). The Morgan fingerprint density at radius 1 is 0.933 bits per heavy atom. The predicted octanol–water partition coefficient (Wildman–Crippen LogP) is 4.45. The van der Waals surface area contributed by atoms with Gasteiger partial charge in [0, 0.05) is 48.5 Å². The van der Waals surface area contributed by atoms with E-state index in [1.165, 1.54) is 5.56 Å². The average Bonchev–Trinajstić information content (AvgIpc) is 2.75. The summed E-state index contributed by atoms with van der Waals surface area (Å²) in [6.07, 6.45) is 0. The summed E-state index contributed by atoms with van der Waals surface area (Å²) in [7, 11) is 0. The van der Waals surface area contributed by atoms with Gasteiger partial charge in [0.05, 0.1) is 0 Å². The predicted molar refractivity (Wildman–Crippen MR) is 121 cm³/mol. The highest BCUT2D eigenvalue weighted by Crippen LogP contribution is 2.22. The number of aromatic nitrogens is 2. The Labute approximate surface area is 181 Å². The average molecular weight is 422 g/mol. The minimum atomic E-state index is 0.0342. The lowest BCUT2D eigenvalue weighted by molar-refractivity contribution is 0.0746. The van der Waals surface area contributed by atoms with Crippen LogP contribution in [0, 0.1) is 13.8 Å². The summed E-state index contributed by atoms with van der Waals surface area (Å²) in [4.78, 5) is 25.9. The van der Waals surface area contributed by atoms with E-state index < -0.39 is 0 Å². The SMILES string of the molecule is Cc1ccc(Nc2cc(N3CCN(C(=O)c4ccc(Cl)cc4)CC3)nc(C)n2)cc1. The summed E-state index contributed by atoms with van der Waals surface area (Å²) in [6.45, 7) is 6.69. The van der Waals surface area contributed by atoms with Gasteiger partial charge >= 0.3 is 0 Å². The van der Waals surface area contributed by atoms with Gasteiger partial charge in [0.2, 0.25) is 0 Å². The molecule has 7 heteroatoms. The second-order valence-electron chi connectivity index (χ2n) is 7.44. The zero-order valence-electron chi connectivity index (χ0n) is 17.1. The number of hydrogen-bond acceptors (Lipinski definition) is 5. The van der Waals surface area contributed by atoms with Crippen LogP contribution in [0.25, 0.3) is 0 Å². The summed E-state index contributed by atoms with van der Waals surface area (Å²) >= 11 is 5.92. The van der Waals surface area contributed by atoms with Crippen molar-refractivity contribution in [2.24, 2.45) is 0 Å². The number of aryl methyl sites for hydroxylation is 2. The molecule has 0 atom stereocenters. The molecule has 0 unspecified atom stereocenters. The molecular formula is C23H24ClN5O. The summed E-state index contributed by atoms with van der Waals surface area (Å²) in [5.74, 6) is 2.38. The van der Waals surface area contributed by atoms with Crippen LogP contribution in [0.4, 0.5) is 17.3 Å². The van der Waals surface area contributed by atoms with Crippen molar-refractivity contribution in [3.05, 3.63) is 76.6 Å². The molecule has 30 heavy (non-hydrogen) atoms. The van der Waals surface area contributed by atoms with Gasteiger partial charge in [-0.05, 0) is 50.2 Å². The highest BCUT2D eigenvalue weighted by molar-refractivity contribution is 6.30. The van der Waals surface area contributed by atoms with Crippen LogP contribution in [0.15, 0.2) is 54.6 Å². The van der Waals surface area contributed by atoms with E-state index in [0.717, 1.165) is 30.4 Å². The van der Waals surface area contributed by atoms with Crippen LogP contribution >= 0.6 is 11.6 Å². The second-order valence-corrected chi connectivity index (χ2v) is 7.87. The summed E-state index contributed by atoms with van der Waals surface area (Å²) < 4.78 is 0. The van der Waals surface area contributed by atoms with E-state index in [2.05, 4.69) is 39.2 Å². The second kappa shape index (κ2) is 8.71. The maximum Gasteiger partial charge on any atom is 0.253 e. The Hall–Kier alpha value is -3.12. The number of piperazine rings is 1. The first-order chi connectivity index (χ1) is 14.5. The quantitative estimate of drug-likeness (QED) is 0.674. The van der Waals surface area contributed by atoms with Gasteiger partial charge in [-0.25, -0.2) is 9.97 Å². The first-order valence-corrected chi connectivity index (χ1v) is 10.3. The van der Waals surface area contributed by atoms with Crippen LogP contribution in [0.2, 0.25) is 5.02 Å². The van der Waals surface area contributed by atoms with Gasteiger partial charge in [0.25, 0.3) is 5.91 Å². The van der Waals surface area contributed by atoms with Gasteiger partial charge in [-0.3, -0.25) is 4.79 Å². The van der Waals surface area contributed by atoms with E-state index in [1.807, 2.05) is 30.0 Å². The van der Waals surface area contributed by atoms with Crippen LogP contribution in [-0.2, 0) is 0 Å². The number of benzene rings is 2. The molecule has 0 spiro atoms. The van der Waals surface area contributed by atoms with E-state index in [1.54, 1.807) is 24.3 Å². The molecule has 1 saturated heterocycles. The number of hydrogen-bond donors (Lipinski definition) is 1. The van der Waals surface area contributed by atoms with Crippen molar-refractivity contribution in [3.63, 3.8) is 0 Å². The Morgan fingerprint density at radius 3 is 2.27 bits per heavy atom. The lowest BCUT2D eigenvalue weighted by atomic mass is 10.2. The fourth-order valence-corrected chi connectivity index (χ4v) is 3.60. The fraction of sp³-hybridized carbons (Fsp3) is 0.261. The van der Waals surface area contributed by atoms with E-state index in [0.29, 0.717) is 29.5 Å². The Balaban J connectivity index is 1.42. The Bertz CT molecular complexity index is 1030. The summed E-state index contributed by atoms with van der Waals surface area (Å²) in [5.41, 5.74) is 2.87. The summed E-state index contributed by atoms with van der Waals surface area (Å²) in [6, 6.07) is 17.2. The zero-order valence-corrected chi connectivity index (χ0v) is 17.9. The lowest BCUT2D eigenvalue weighted by Gasteiger charge is -2.35. The molecule has 2 aromatic carbocycles. The number of rotatable bonds is 4. The van der Waals surface area contributed by atoms with Crippen molar-refractivity contribution in [1.82, 2.24) is 14.9 Å². The molecule has 0 radical (unpaired) electrons. The number of nitrogens with one attached hydrogen (secondary N) is 1. The molecule has 2 heterocycles. The largest absolute Gasteiger partial charge is 0.353 e. The molecule has 0 saturated carbocycles. The van der Waals surface area contributed by atoms with Gasteiger partial charge in [-0.2, -0.15) is 0 Å². The third-order valence-electron chi connectivity index (χ3n) is 5.13. The number of amides is 1. The van der Waals surface area contributed by atoms with Crippen molar-refractivity contribution in [1.29, 1.82) is 0 Å². The number of carbonyl (C=O) groups excluding carboxylic acids is 1. The Morgan fingerprint density at radius 2 is 1.60 bits per heavy atom. The third-order valence-corrected chi connectivity index (χ3v) is 5.38. The first kappa shape index (κ1) is 20.2. The molecule has 1 fully saturated rings. The van der Waals surface area contributed by atoms with Crippen molar-refractivity contribution >= 4 is 34.8 Å². The molecule has 154 valence electrons. The zero-order chi connectivity index (χ0) is 21.1. The van der Waals surface area contributed by atoms with Gasteiger partial charge in [-0.15, -0.1) is 0 Å². The normalized spacial score (nSPS) is 14.0.